The summed E-state index contributed by atoms with van der Waals surface area (Å²) in [6.07, 6.45) is 0.326. The number of hydrogen-bond donors (Lipinski definition) is 3. The fourth-order valence-corrected chi connectivity index (χ4v) is 2.34. The van der Waals surface area contributed by atoms with Gasteiger partial charge in [-0.3, -0.25) is 0 Å². The smallest absolute Gasteiger partial charge is 0.0945 e. The van der Waals surface area contributed by atoms with E-state index in [2.05, 4.69) is 25.2 Å². The number of aliphatic hydroxyl groups excluding tert-OH is 2. The van der Waals surface area contributed by atoms with Crippen molar-refractivity contribution in [3.8, 4) is 0 Å². The number of nitrogens with one attached hydrogen (secondary N) is 1. The third kappa shape index (κ3) is 5.21. The van der Waals surface area contributed by atoms with Gasteiger partial charge in [-0.25, -0.2) is 0 Å². The van der Waals surface area contributed by atoms with Gasteiger partial charge in [-0.05, 0) is 31.4 Å². The summed E-state index contributed by atoms with van der Waals surface area (Å²) in [5.41, 5.74) is 3.30. The van der Waals surface area contributed by atoms with Gasteiger partial charge >= 0.3 is 0 Å². The molecular weight excluding hydrogens is 254 g/mol. The van der Waals surface area contributed by atoms with E-state index >= 15 is 0 Å². The molecule has 0 radical (unpaired) electrons. The summed E-state index contributed by atoms with van der Waals surface area (Å²) in [6, 6.07) is 6.13. The van der Waals surface area contributed by atoms with Crippen LogP contribution in [0.1, 0.15) is 36.1 Å². The molecule has 0 aromatic heterocycles. The number of aliphatic hydroxyl groups is 2. The Morgan fingerprint density at radius 1 is 1.25 bits per heavy atom. The van der Waals surface area contributed by atoms with Gasteiger partial charge in [-0.2, -0.15) is 0 Å². The second-order valence-electron chi connectivity index (χ2n) is 5.11. The van der Waals surface area contributed by atoms with Gasteiger partial charge in [0, 0.05) is 12.6 Å². The lowest BCUT2D eigenvalue weighted by Gasteiger charge is -2.25. The van der Waals surface area contributed by atoms with Gasteiger partial charge in [-0.1, -0.05) is 30.7 Å². The molecule has 0 aliphatic heterocycles. The topological polar surface area (TPSA) is 61.7 Å². The van der Waals surface area contributed by atoms with Crippen LogP contribution in [0.4, 0.5) is 0 Å². The number of benzene rings is 1. The lowest BCUT2D eigenvalue weighted by atomic mass is 9.95. The van der Waals surface area contributed by atoms with Crippen LogP contribution in [0.2, 0.25) is 0 Å². The minimum absolute atomic E-state index is 0.00846. The van der Waals surface area contributed by atoms with Crippen molar-refractivity contribution in [2.45, 2.75) is 39.3 Å². The first kappa shape index (κ1) is 17.1. The third-order valence-corrected chi connectivity index (χ3v) is 3.45. The van der Waals surface area contributed by atoms with Crippen molar-refractivity contribution in [3.05, 3.63) is 34.9 Å². The molecule has 0 amide bonds. The molecule has 2 atom stereocenters. The van der Waals surface area contributed by atoms with Gasteiger partial charge in [0.05, 0.1) is 25.9 Å². The van der Waals surface area contributed by atoms with E-state index in [0.29, 0.717) is 19.8 Å². The zero-order valence-electron chi connectivity index (χ0n) is 12.7. The Balaban J connectivity index is 2.55. The summed E-state index contributed by atoms with van der Waals surface area (Å²) in [5.74, 6) is 0. The molecular formula is C16H27NO3. The summed E-state index contributed by atoms with van der Waals surface area (Å²) < 4.78 is 5.21. The van der Waals surface area contributed by atoms with Crippen LogP contribution in [0.5, 0.6) is 0 Å². The van der Waals surface area contributed by atoms with E-state index in [-0.39, 0.29) is 12.6 Å². The second-order valence-corrected chi connectivity index (χ2v) is 5.11. The van der Waals surface area contributed by atoms with Crippen molar-refractivity contribution in [2.24, 2.45) is 0 Å². The quantitative estimate of drug-likeness (QED) is 0.603. The molecule has 3 N–H and O–H groups in total. The molecule has 0 heterocycles. The van der Waals surface area contributed by atoms with Crippen molar-refractivity contribution in [2.75, 3.05) is 26.4 Å². The van der Waals surface area contributed by atoms with Crippen LogP contribution in [-0.4, -0.2) is 42.6 Å². The van der Waals surface area contributed by atoms with Crippen LogP contribution in [0.15, 0.2) is 18.2 Å². The average Bonchev–Trinajstić information content (AvgIpc) is 2.42. The number of rotatable bonds is 9. The van der Waals surface area contributed by atoms with Gasteiger partial charge in [0.25, 0.3) is 0 Å². The van der Waals surface area contributed by atoms with E-state index in [1.807, 2.05) is 19.1 Å². The summed E-state index contributed by atoms with van der Waals surface area (Å²) >= 11 is 0. The van der Waals surface area contributed by atoms with Crippen molar-refractivity contribution in [1.29, 1.82) is 0 Å². The molecule has 4 heteroatoms. The second kappa shape index (κ2) is 9.08. The van der Waals surface area contributed by atoms with E-state index in [0.717, 1.165) is 17.5 Å². The van der Waals surface area contributed by atoms with Crippen molar-refractivity contribution >= 4 is 0 Å². The highest BCUT2D eigenvalue weighted by Gasteiger charge is 2.20. The summed E-state index contributed by atoms with van der Waals surface area (Å²) in [4.78, 5) is 0. The Labute approximate surface area is 121 Å². The molecule has 0 fully saturated rings. The fraction of sp³-hybridized carbons (Fsp3) is 0.625. The SMILES string of the molecule is CCC(NCCOCCO)C(O)c1ccc(C)cc1C. The maximum absolute atomic E-state index is 10.5. The van der Waals surface area contributed by atoms with Gasteiger partial charge in [0.2, 0.25) is 0 Å². The minimum atomic E-state index is -0.515. The molecule has 114 valence electrons. The van der Waals surface area contributed by atoms with Gasteiger partial charge in [0.1, 0.15) is 0 Å². The van der Waals surface area contributed by atoms with Gasteiger partial charge < -0.3 is 20.3 Å². The zero-order chi connectivity index (χ0) is 15.0. The zero-order valence-corrected chi connectivity index (χ0v) is 12.7. The Hall–Kier alpha value is -0.940. The third-order valence-electron chi connectivity index (χ3n) is 3.45. The minimum Gasteiger partial charge on any atom is -0.394 e. The molecule has 4 nitrogen and oxygen atoms in total. The molecule has 1 aromatic rings. The molecule has 0 spiro atoms. The van der Waals surface area contributed by atoms with Crippen LogP contribution in [0, 0.1) is 13.8 Å². The van der Waals surface area contributed by atoms with Crippen LogP contribution in [-0.2, 0) is 4.74 Å². The normalized spacial score (nSPS) is 14.2. The maximum atomic E-state index is 10.5. The monoisotopic (exact) mass is 281 g/mol. The summed E-state index contributed by atoms with van der Waals surface area (Å²) in [5, 5.41) is 22.4. The Morgan fingerprint density at radius 2 is 2.00 bits per heavy atom. The molecule has 2 unspecified atom stereocenters. The van der Waals surface area contributed by atoms with E-state index in [1.54, 1.807) is 0 Å². The molecule has 0 aliphatic rings. The molecule has 0 saturated carbocycles. The van der Waals surface area contributed by atoms with Crippen molar-refractivity contribution < 1.29 is 14.9 Å². The molecule has 1 aromatic carbocycles. The number of aryl methyl sites for hydroxylation is 2. The maximum Gasteiger partial charge on any atom is 0.0945 e. The van der Waals surface area contributed by atoms with Crippen molar-refractivity contribution in [1.82, 2.24) is 5.32 Å². The molecule has 20 heavy (non-hydrogen) atoms. The van der Waals surface area contributed by atoms with E-state index in [9.17, 15) is 5.11 Å². The Bertz CT molecular complexity index is 395. The summed E-state index contributed by atoms with van der Waals surface area (Å²) in [7, 11) is 0. The average molecular weight is 281 g/mol. The van der Waals surface area contributed by atoms with Crippen LogP contribution in [0.25, 0.3) is 0 Å². The highest BCUT2D eigenvalue weighted by atomic mass is 16.5. The highest BCUT2D eigenvalue weighted by Crippen LogP contribution is 2.23. The summed E-state index contributed by atoms with van der Waals surface area (Å²) in [6.45, 7) is 7.75. The van der Waals surface area contributed by atoms with E-state index in [4.69, 9.17) is 9.84 Å². The predicted molar refractivity (Wildman–Crippen MR) is 80.9 cm³/mol. The Morgan fingerprint density at radius 3 is 2.60 bits per heavy atom. The van der Waals surface area contributed by atoms with Gasteiger partial charge in [0.15, 0.2) is 0 Å². The molecule has 1 rings (SSSR count). The van der Waals surface area contributed by atoms with Crippen molar-refractivity contribution in [3.63, 3.8) is 0 Å². The van der Waals surface area contributed by atoms with E-state index in [1.165, 1.54) is 5.56 Å². The standard InChI is InChI=1S/C16H27NO3/c1-4-15(17-7-9-20-10-8-18)16(19)14-6-5-12(2)11-13(14)3/h5-6,11,15-19H,4,7-10H2,1-3H3. The predicted octanol–water partition coefficient (Wildman–Crippen LogP) is 1.71. The number of ether oxygens (including phenoxy) is 1. The molecule has 0 aliphatic carbocycles. The Kier molecular flexibility index (Phi) is 7.77. The largest absolute Gasteiger partial charge is 0.394 e. The van der Waals surface area contributed by atoms with E-state index < -0.39 is 6.10 Å². The first-order valence-corrected chi connectivity index (χ1v) is 7.27. The first-order chi connectivity index (χ1) is 9.60. The first-order valence-electron chi connectivity index (χ1n) is 7.27. The lowest BCUT2D eigenvalue weighted by molar-refractivity contribution is 0.0823. The van der Waals surface area contributed by atoms with Crippen LogP contribution in [0.3, 0.4) is 0 Å². The van der Waals surface area contributed by atoms with Gasteiger partial charge in [-0.15, -0.1) is 0 Å². The number of hydrogen-bond acceptors (Lipinski definition) is 4. The van der Waals surface area contributed by atoms with Crippen LogP contribution >= 0.6 is 0 Å². The fourth-order valence-electron chi connectivity index (χ4n) is 2.34. The molecule has 0 saturated heterocycles. The highest BCUT2D eigenvalue weighted by molar-refractivity contribution is 5.32. The lowest BCUT2D eigenvalue weighted by Crippen LogP contribution is -2.37. The molecule has 0 bridgehead atoms. The van der Waals surface area contributed by atoms with Crippen LogP contribution < -0.4 is 5.32 Å².